The summed E-state index contributed by atoms with van der Waals surface area (Å²) in [5.74, 6) is 12.9. The molecule has 1 aromatic heterocycles. The van der Waals surface area contributed by atoms with Gasteiger partial charge in [-0.2, -0.15) is 0 Å². The predicted molar refractivity (Wildman–Crippen MR) is 118 cm³/mol. The fraction of sp³-hybridized carbons (Fsp3) is 0.280. The van der Waals surface area contributed by atoms with Crippen LogP contribution in [0.25, 0.3) is 21.8 Å². The molecule has 0 unspecified atom stereocenters. The maximum Gasteiger partial charge on any atom is 0.179 e. The molecule has 3 heteroatoms. The number of fused-ring (bicyclic) bond motifs is 3. The molecule has 0 fully saturated rings. The van der Waals surface area contributed by atoms with Crippen molar-refractivity contribution in [2.45, 2.75) is 32.7 Å². The standard InChI is InChI=1S/C25H26N2O/c1-3-26-21(2)28-20-14-8-6-4-5-7-13-19-27-24-17-11-9-15-22(24)23-16-10-12-18-25(23)27/h9-12,15-18,26H,2-3,6,8,14,19-20H2,1H3. The first-order chi connectivity index (χ1) is 13.8. The molecule has 0 bridgehead atoms. The molecule has 1 N–H and O–H groups in total. The lowest BCUT2D eigenvalue weighted by Gasteiger charge is -2.08. The lowest BCUT2D eigenvalue weighted by molar-refractivity contribution is 0.188. The second kappa shape index (κ2) is 10.1. The molecule has 0 aliphatic rings. The van der Waals surface area contributed by atoms with Gasteiger partial charge in [-0.25, -0.2) is 0 Å². The van der Waals surface area contributed by atoms with Gasteiger partial charge >= 0.3 is 0 Å². The molecule has 2 aromatic carbocycles. The molecule has 0 amide bonds. The summed E-state index contributed by atoms with van der Waals surface area (Å²) in [4.78, 5) is 0. The number of rotatable bonds is 8. The Bertz CT molecular complexity index is 1020. The van der Waals surface area contributed by atoms with Gasteiger partial charge in [0.05, 0.1) is 13.2 Å². The third-order valence-electron chi connectivity index (χ3n) is 4.50. The van der Waals surface area contributed by atoms with Crippen molar-refractivity contribution in [1.29, 1.82) is 0 Å². The van der Waals surface area contributed by atoms with Gasteiger partial charge in [0.1, 0.15) is 0 Å². The second-order valence-electron chi connectivity index (χ2n) is 6.48. The zero-order chi connectivity index (χ0) is 19.6. The lowest BCUT2D eigenvalue weighted by Crippen LogP contribution is -2.14. The summed E-state index contributed by atoms with van der Waals surface area (Å²) in [6, 6.07) is 16.9. The highest BCUT2D eigenvalue weighted by Crippen LogP contribution is 2.28. The van der Waals surface area contributed by atoms with E-state index in [2.05, 4.69) is 88.7 Å². The molecule has 0 saturated heterocycles. The van der Waals surface area contributed by atoms with Crippen molar-refractivity contribution in [2.75, 3.05) is 13.2 Å². The molecule has 28 heavy (non-hydrogen) atoms. The Hall–Kier alpha value is -3.30. The summed E-state index contributed by atoms with van der Waals surface area (Å²) in [6.07, 6.45) is 2.80. The van der Waals surface area contributed by atoms with E-state index < -0.39 is 0 Å². The first-order valence-electron chi connectivity index (χ1n) is 9.78. The first-order valence-corrected chi connectivity index (χ1v) is 9.78. The SMILES string of the molecule is C=C(NCC)OCCCCC#CC#CCn1c2ccccc2c2ccccc21. The number of benzene rings is 2. The molecule has 142 valence electrons. The highest BCUT2D eigenvalue weighted by molar-refractivity contribution is 6.08. The number of nitrogens with zero attached hydrogens (tertiary/aromatic N) is 1. The topological polar surface area (TPSA) is 26.2 Å². The number of aromatic nitrogens is 1. The maximum absolute atomic E-state index is 5.45. The van der Waals surface area contributed by atoms with E-state index >= 15 is 0 Å². The van der Waals surface area contributed by atoms with E-state index in [-0.39, 0.29) is 0 Å². The zero-order valence-corrected chi connectivity index (χ0v) is 16.4. The molecular formula is C25H26N2O. The summed E-state index contributed by atoms with van der Waals surface area (Å²) in [5, 5.41) is 5.58. The number of ether oxygens (including phenoxy) is 1. The summed E-state index contributed by atoms with van der Waals surface area (Å²) < 4.78 is 7.71. The molecule has 1 heterocycles. The van der Waals surface area contributed by atoms with Crippen molar-refractivity contribution >= 4 is 21.8 Å². The highest BCUT2D eigenvalue weighted by atomic mass is 16.5. The minimum atomic E-state index is 0.642. The Balaban J connectivity index is 1.52. The van der Waals surface area contributed by atoms with Gasteiger partial charge < -0.3 is 14.6 Å². The van der Waals surface area contributed by atoms with Gasteiger partial charge in [-0.05, 0) is 50.3 Å². The number of para-hydroxylation sites is 2. The van der Waals surface area contributed by atoms with Crippen molar-refractivity contribution in [3.8, 4) is 23.7 Å². The van der Waals surface area contributed by atoms with Crippen molar-refractivity contribution < 1.29 is 4.74 Å². The second-order valence-corrected chi connectivity index (χ2v) is 6.48. The molecule has 3 rings (SSSR count). The normalized spacial score (nSPS) is 10.0. The van der Waals surface area contributed by atoms with Gasteiger partial charge in [-0.15, -0.1) is 0 Å². The Morgan fingerprint density at radius 3 is 2.29 bits per heavy atom. The van der Waals surface area contributed by atoms with E-state index in [0.717, 1.165) is 25.8 Å². The molecule has 0 atom stereocenters. The third-order valence-corrected chi connectivity index (χ3v) is 4.50. The van der Waals surface area contributed by atoms with Crippen LogP contribution in [-0.2, 0) is 11.3 Å². The van der Waals surface area contributed by atoms with Crippen molar-refractivity contribution in [3.05, 3.63) is 61.0 Å². The molecule has 0 saturated carbocycles. The van der Waals surface area contributed by atoms with Crippen LogP contribution in [0.1, 0.15) is 26.2 Å². The molecule has 3 aromatic rings. The van der Waals surface area contributed by atoms with Gasteiger partial charge in [0.2, 0.25) is 0 Å². The minimum Gasteiger partial charge on any atom is -0.480 e. The van der Waals surface area contributed by atoms with Crippen LogP contribution >= 0.6 is 0 Å². The number of hydrogen-bond donors (Lipinski definition) is 1. The molecule has 3 nitrogen and oxygen atoms in total. The monoisotopic (exact) mass is 370 g/mol. The van der Waals surface area contributed by atoms with Crippen LogP contribution < -0.4 is 5.32 Å². The van der Waals surface area contributed by atoms with Gasteiger partial charge in [-0.3, -0.25) is 0 Å². The Kier molecular flexibility index (Phi) is 7.05. The molecular weight excluding hydrogens is 344 g/mol. The smallest absolute Gasteiger partial charge is 0.179 e. The Labute approximate surface area is 167 Å². The molecule has 0 aliphatic carbocycles. The maximum atomic E-state index is 5.45. The number of nitrogens with one attached hydrogen (secondary N) is 1. The van der Waals surface area contributed by atoms with Gasteiger partial charge in [0, 0.05) is 34.8 Å². The van der Waals surface area contributed by atoms with Gasteiger partial charge in [-0.1, -0.05) is 48.2 Å². The fourth-order valence-electron chi connectivity index (χ4n) is 3.20. The average Bonchev–Trinajstić information content (AvgIpc) is 3.04. The van der Waals surface area contributed by atoms with E-state index in [1.165, 1.54) is 21.8 Å². The van der Waals surface area contributed by atoms with E-state index in [4.69, 9.17) is 4.74 Å². The Morgan fingerprint density at radius 1 is 0.964 bits per heavy atom. The van der Waals surface area contributed by atoms with E-state index in [9.17, 15) is 0 Å². The van der Waals surface area contributed by atoms with E-state index in [1.807, 2.05) is 6.92 Å². The quantitative estimate of drug-likeness (QED) is 0.340. The van der Waals surface area contributed by atoms with Gasteiger partial charge in [0.15, 0.2) is 5.88 Å². The summed E-state index contributed by atoms with van der Waals surface area (Å²) in [6.45, 7) is 7.96. The zero-order valence-electron chi connectivity index (χ0n) is 16.4. The summed E-state index contributed by atoms with van der Waals surface area (Å²) >= 11 is 0. The fourth-order valence-corrected chi connectivity index (χ4v) is 3.20. The van der Waals surface area contributed by atoms with Gasteiger partial charge in [0.25, 0.3) is 0 Å². The van der Waals surface area contributed by atoms with Crippen molar-refractivity contribution in [1.82, 2.24) is 9.88 Å². The Morgan fingerprint density at radius 2 is 1.61 bits per heavy atom. The summed E-state index contributed by atoms with van der Waals surface area (Å²) in [7, 11) is 0. The van der Waals surface area contributed by atoms with Crippen LogP contribution in [0.2, 0.25) is 0 Å². The largest absolute Gasteiger partial charge is 0.480 e. The molecule has 0 aliphatic heterocycles. The van der Waals surface area contributed by atoms with Crippen LogP contribution in [0.3, 0.4) is 0 Å². The van der Waals surface area contributed by atoms with Crippen LogP contribution in [0, 0.1) is 23.7 Å². The van der Waals surface area contributed by atoms with E-state index in [1.54, 1.807) is 0 Å². The van der Waals surface area contributed by atoms with E-state index in [0.29, 0.717) is 19.0 Å². The van der Waals surface area contributed by atoms with Crippen LogP contribution in [-0.4, -0.2) is 17.7 Å². The average molecular weight is 370 g/mol. The lowest BCUT2D eigenvalue weighted by atomic mass is 10.2. The van der Waals surface area contributed by atoms with Crippen LogP contribution in [0.5, 0.6) is 0 Å². The minimum absolute atomic E-state index is 0.642. The van der Waals surface area contributed by atoms with Crippen molar-refractivity contribution in [2.24, 2.45) is 0 Å². The first kappa shape index (κ1) is 19.5. The molecule has 0 spiro atoms. The number of unbranched alkanes of at least 4 members (excludes halogenated alkanes) is 2. The van der Waals surface area contributed by atoms with Crippen LogP contribution in [0.15, 0.2) is 61.0 Å². The summed E-state index contributed by atoms with van der Waals surface area (Å²) in [5.41, 5.74) is 2.43. The highest BCUT2D eigenvalue weighted by Gasteiger charge is 2.07. The van der Waals surface area contributed by atoms with Crippen molar-refractivity contribution in [3.63, 3.8) is 0 Å². The predicted octanol–water partition coefficient (Wildman–Crippen LogP) is 5.07. The molecule has 0 radical (unpaired) electrons. The van der Waals surface area contributed by atoms with Crippen LogP contribution in [0.4, 0.5) is 0 Å². The third kappa shape index (κ3) is 4.90. The number of hydrogen-bond acceptors (Lipinski definition) is 2.